The van der Waals surface area contributed by atoms with E-state index >= 15 is 0 Å². The van der Waals surface area contributed by atoms with Gasteiger partial charge in [-0.05, 0) is 26.0 Å². The first-order valence-electron chi connectivity index (χ1n) is 5.60. The molecule has 3 nitrogen and oxygen atoms in total. The van der Waals surface area contributed by atoms with Crippen molar-refractivity contribution in [3.8, 4) is 0 Å². The standard InChI is InChI=1S/C12H15F3N2O/c1-8(2)16-7-11(18)17-10-6-4-3-5-9(10)12(13,14)15/h3-6,8,16H,7H2,1-2H3,(H,17,18)/p+1. The van der Waals surface area contributed by atoms with Crippen molar-refractivity contribution >= 4 is 11.6 Å². The Morgan fingerprint density at radius 2 is 1.94 bits per heavy atom. The van der Waals surface area contributed by atoms with E-state index < -0.39 is 17.6 Å². The first-order chi connectivity index (χ1) is 8.30. The lowest BCUT2D eigenvalue weighted by molar-refractivity contribution is -0.672. The molecule has 0 radical (unpaired) electrons. The summed E-state index contributed by atoms with van der Waals surface area (Å²) in [6.45, 7) is 3.90. The number of quaternary nitrogens is 1. The molecule has 0 saturated heterocycles. The number of halogens is 3. The lowest BCUT2D eigenvalue weighted by atomic mass is 10.1. The number of anilines is 1. The van der Waals surface area contributed by atoms with Crippen LogP contribution in [0.4, 0.5) is 18.9 Å². The van der Waals surface area contributed by atoms with Crippen molar-refractivity contribution in [3.63, 3.8) is 0 Å². The summed E-state index contributed by atoms with van der Waals surface area (Å²) in [5.74, 6) is -0.444. The van der Waals surface area contributed by atoms with Gasteiger partial charge in [0.2, 0.25) is 0 Å². The number of nitrogens with two attached hydrogens (primary N) is 1. The van der Waals surface area contributed by atoms with E-state index in [9.17, 15) is 18.0 Å². The van der Waals surface area contributed by atoms with Crippen molar-refractivity contribution in [2.45, 2.75) is 26.1 Å². The molecule has 1 rings (SSSR count). The molecule has 100 valence electrons. The zero-order valence-corrected chi connectivity index (χ0v) is 10.2. The maximum atomic E-state index is 12.7. The van der Waals surface area contributed by atoms with E-state index in [1.165, 1.54) is 18.2 Å². The highest BCUT2D eigenvalue weighted by molar-refractivity contribution is 5.92. The Morgan fingerprint density at radius 1 is 1.33 bits per heavy atom. The molecule has 3 N–H and O–H groups in total. The molecule has 0 saturated carbocycles. The molecule has 18 heavy (non-hydrogen) atoms. The second-order valence-electron chi connectivity index (χ2n) is 4.28. The van der Waals surface area contributed by atoms with Gasteiger partial charge >= 0.3 is 6.18 Å². The topological polar surface area (TPSA) is 45.7 Å². The molecular weight excluding hydrogens is 245 g/mol. The van der Waals surface area contributed by atoms with Crippen LogP contribution in [-0.4, -0.2) is 18.5 Å². The van der Waals surface area contributed by atoms with E-state index in [-0.39, 0.29) is 18.3 Å². The second kappa shape index (κ2) is 5.86. The van der Waals surface area contributed by atoms with Crippen LogP contribution in [0.2, 0.25) is 0 Å². The summed E-state index contributed by atoms with van der Waals surface area (Å²) in [6.07, 6.45) is -4.47. The lowest BCUT2D eigenvalue weighted by Gasteiger charge is -2.13. The van der Waals surface area contributed by atoms with Gasteiger partial charge in [0.05, 0.1) is 17.3 Å². The maximum Gasteiger partial charge on any atom is 0.418 e. The quantitative estimate of drug-likeness (QED) is 0.850. The van der Waals surface area contributed by atoms with Crippen molar-refractivity contribution < 1.29 is 23.3 Å². The molecule has 0 aliphatic carbocycles. The first-order valence-corrected chi connectivity index (χ1v) is 5.60. The van der Waals surface area contributed by atoms with Gasteiger partial charge in [-0.1, -0.05) is 12.1 Å². The number of nitrogens with one attached hydrogen (secondary N) is 1. The van der Waals surface area contributed by atoms with E-state index in [1.54, 1.807) is 5.32 Å². The predicted molar refractivity (Wildman–Crippen MR) is 62.0 cm³/mol. The van der Waals surface area contributed by atoms with Gasteiger partial charge in [0, 0.05) is 0 Å². The zero-order chi connectivity index (χ0) is 13.8. The minimum atomic E-state index is -4.47. The van der Waals surface area contributed by atoms with Gasteiger partial charge in [-0.3, -0.25) is 4.79 Å². The molecule has 0 aliphatic heterocycles. The van der Waals surface area contributed by atoms with Gasteiger partial charge in [0.25, 0.3) is 5.91 Å². The normalized spacial score (nSPS) is 11.7. The van der Waals surface area contributed by atoms with Crippen LogP contribution in [-0.2, 0) is 11.0 Å². The number of benzene rings is 1. The number of carbonyl (C=O) groups is 1. The molecule has 0 heterocycles. The highest BCUT2D eigenvalue weighted by Gasteiger charge is 2.33. The molecule has 0 aromatic heterocycles. The fraction of sp³-hybridized carbons (Fsp3) is 0.417. The fourth-order valence-corrected chi connectivity index (χ4v) is 1.38. The number of para-hydroxylation sites is 1. The van der Waals surface area contributed by atoms with Crippen LogP contribution in [0.3, 0.4) is 0 Å². The van der Waals surface area contributed by atoms with E-state index in [0.717, 1.165) is 6.07 Å². The van der Waals surface area contributed by atoms with Crippen molar-refractivity contribution in [3.05, 3.63) is 29.8 Å². The van der Waals surface area contributed by atoms with Gasteiger partial charge in [0.15, 0.2) is 6.54 Å². The average Bonchev–Trinajstić information content (AvgIpc) is 2.25. The van der Waals surface area contributed by atoms with Crippen LogP contribution in [0.15, 0.2) is 24.3 Å². The summed E-state index contributed by atoms with van der Waals surface area (Å²) < 4.78 is 38.0. The minimum Gasteiger partial charge on any atom is -0.336 e. The Balaban J connectivity index is 2.76. The van der Waals surface area contributed by atoms with Crippen molar-refractivity contribution in [1.29, 1.82) is 0 Å². The zero-order valence-electron chi connectivity index (χ0n) is 10.2. The largest absolute Gasteiger partial charge is 0.418 e. The molecule has 1 aromatic carbocycles. The summed E-state index contributed by atoms with van der Waals surface area (Å²) in [5, 5.41) is 4.02. The monoisotopic (exact) mass is 261 g/mol. The van der Waals surface area contributed by atoms with Crippen molar-refractivity contribution in [2.75, 3.05) is 11.9 Å². The van der Waals surface area contributed by atoms with Crippen LogP contribution in [0, 0.1) is 0 Å². The minimum absolute atomic E-state index is 0.101. The Morgan fingerprint density at radius 3 is 2.50 bits per heavy atom. The van der Waals surface area contributed by atoms with Gasteiger partial charge in [-0.25, -0.2) is 0 Å². The number of hydrogen-bond donors (Lipinski definition) is 2. The third kappa shape index (κ3) is 4.37. The fourth-order valence-electron chi connectivity index (χ4n) is 1.38. The number of rotatable bonds is 4. The van der Waals surface area contributed by atoms with Crippen molar-refractivity contribution in [1.82, 2.24) is 0 Å². The third-order valence-electron chi connectivity index (χ3n) is 2.28. The van der Waals surface area contributed by atoms with Gasteiger partial charge in [-0.15, -0.1) is 0 Å². The molecular formula is C12H16F3N2O+. The van der Waals surface area contributed by atoms with Crippen LogP contribution >= 0.6 is 0 Å². The lowest BCUT2D eigenvalue weighted by Crippen LogP contribution is -2.90. The van der Waals surface area contributed by atoms with Crippen LogP contribution < -0.4 is 10.6 Å². The third-order valence-corrected chi connectivity index (χ3v) is 2.28. The van der Waals surface area contributed by atoms with Crippen molar-refractivity contribution in [2.24, 2.45) is 0 Å². The van der Waals surface area contributed by atoms with E-state index in [2.05, 4.69) is 5.32 Å². The number of alkyl halides is 3. The molecule has 0 bridgehead atoms. The Bertz CT molecular complexity index is 416. The highest BCUT2D eigenvalue weighted by atomic mass is 19.4. The summed E-state index contributed by atoms with van der Waals surface area (Å²) in [7, 11) is 0. The first kappa shape index (κ1) is 14.5. The molecule has 0 fully saturated rings. The summed E-state index contributed by atoms with van der Waals surface area (Å²) in [5.41, 5.74) is -1.03. The Kier molecular flexibility index (Phi) is 4.72. The summed E-state index contributed by atoms with van der Waals surface area (Å²) in [4.78, 5) is 11.5. The molecule has 6 heteroatoms. The average molecular weight is 261 g/mol. The molecule has 1 amide bonds. The van der Waals surface area contributed by atoms with E-state index in [4.69, 9.17) is 0 Å². The molecule has 0 unspecified atom stereocenters. The van der Waals surface area contributed by atoms with Crippen LogP contribution in [0.25, 0.3) is 0 Å². The molecule has 1 aromatic rings. The molecule has 0 atom stereocenters. The SMILES string of the molecule is CC(C)[NH2+]CC(=O)Nc1ccccc1C(F)(F)F. The van der Waals surface area contributed by atoms with Crippen LogP contribution in [0.5, 0.6) is 0 Å². The Hall–Kier alpha value is -1.56. The van der Waals surface area contributed by atoms with E-state index in [0.29, 0.717) is 0 Å². The van der Waals surface area contributed by atoms with Crippen LogP contribution in [0.1, 0.15) is 19.4 Å². The smallest absolute Gasteiger partial charge is 0.336 e. The van der Waals surface area contributed by atoms with Gasteiger partial charge < -0.3 is 10.6 Å². The van der Waals surface area contributed by atoms with Gasteiger partial charge in [-0.2, -0.15) is 13.2 Å². The molecule has 0 aliphatic rings. The predicted octanol–water partition coefficient (Wildman–Crippen LogP) is 1.62. The number of amides is 1. The summed E-state index contributed by atoms with van der Waals surface area (Å²) >= 11 is 0. The number of hydrogen-bond acceptors (Lipinski definition) is 1. The highest BCUT2D eigenvalue weighted by Crippen LogP contribution is 2.34. The number of carbonyl (C=O) groups excluding carboxylic acids is 1. The van der Waals surface area contributed by atoms with Gasteiger partial charge in [0.1, 0.15) is 0 Å². The molecule has 0 spiro atoms. The Labute approximate surface area is 103 Å². The van der Waals surface area contributed by atoms with E-state index in [1.807, 2.05) is 13.8 Å². The maximum absolute atomic E-state index is 12.7. The summed E-state index contributed by atoms with van der Waals surface area (Å²) in [6, 6.07) is 5.15. The second-order valence-corrected chi connectivity index (χ2v) is 4.28.